The number of rotatable bonds is 5. The molecule has 5 nitrogen and oxygen atoms in total. The number of nitrogens with one attached hydrogen (secondary N) is 2. The van der Waals surface area contributed by atoms with E-state index in [0.717, 1.165) is 42.9 Å². The first-order chi connectivity index (χ1) is 13.7. The van der Waals surface area contributed by atoms with Gasteiger partial charge in [0.05, 0.1) is 7.11 Å². The van der Waals surface area contributed by atoms with Crippen LogP contribution in [0, 0.1) is 5.92 Å². The molecule has 2 aliphatic heterocycles. The highest BCUT2D eigenvalue weighted by atomic mass is 16.5. The molecule has 5 heteroatoms. The molecule has 4 atom stereocenters. The first-order valence-electron chi connectivity index (χ1n) is 10.2. The molecule has 2 aromatic rings. The van der Waals surface area contributed by atoms with E-state index >= 15 is 0 Å². The number of hydrogen-bond donors (Lipinski definition) is 2. The standard InChI is InChI=1S/C23H27N3O2/c1-26-20-10-15(21(28-2)12-17(20)16-11-18(16)23(26)27)13-25-19-8-9-24-22(19)14-6-4-3-5-7-14/h3-7,10,12,16,18-19,22,24-25H,8-9,11,13H2,1-2H3/t16-,18-,19+,22+/m1/s1. The van der Waals surface area contributed by atoms with E-state index in [0.29, 0.717) is 18.0 Å². The van der Waals surface area contributed by atoms with Crippen molar-refractivity contribution in [3.05, 3.63) is 59.2 Å². The molecule has 1 saturated carbocycles. The van der Waals surface area contributed by atoms with E-state index in [1.165, 1.54) is 11.1 Å². The predicted molar refractivity (Wildman–Crippen MR) is 110 cm³/mol. The number of carbonyl (C=O) groups is 1. The van der Waals surface area contributed by atoms with Gasteiger partial charge in [0.2, 0.25) is 5.91 Å². The van der Waals surface area contributed by atoms with Crippen molar-refractivity contribution >= 4 is 11.6 Å². The zero-order chi connectivity index (χ0) is 19.3. The average molecular weight is 377 g/mol. The van der Waals surface area contributed by atoms with Crippen LogP contribution in [0.15, 0.2) is 42.5 Å². The lowest BCUT2D eigenvalue weighted by molar-refractivity contribution is -0.119. The number of fused-ring (bicyclic) bond motifs is 3. The number of methoxy groups -OCH3 is 1. The molecule has 2 aromatic carbocycles. The highest BCUT2D eigenvalue weighted by Crippen LogP contribution is 2.56. The van der Waals surface area contributed by atoms with Crippen LogP contribution in [0.2, 0.25) is 0 Å². The van der Waals surface area contributed by atoms with Gasteiger partial charge >= 0.3 is 0 Å². The van der Waals surface area contributed by atoms with E-state index in [-0.39, 0.29) is 11.8 Å². The second-order valence-electron chi connectivity index (χ2n) is 8.19. The van der Waals surface area contributed by atoms with E-state index in [9.17, 15) is 4.79 Å². The number of hydrogen-bond acceptors (Lipinski definition) is 4. The third-order valence-electron chi connectivity index (χ3n) is 6.56. The first-order valence-corrected chi connectivity index (χ1v) is 10.2. The number of benzene rings is 2. The summed E-state index contributed by atoms with van der Waals surface area (Å²) in [5, 5.41) is 7.35. The Labute approximate surface area is 166 Å². The van der Waals surface area contributed by atoms with Gasteiger partial charge in [0.25, 0.3) is 0 Å². The van der Waals surface area contributed by atoms with Gasteiger partial charge in [-0.1, -0.05) is 30.3 Å². The molecule has 5 rings (SSSR count). The molecule has 2 fully saturated rings. The maximum absolute atomic E-state index is 12.4. The number of ether oxygens (including phenoxy) is 1. The molecule has 1 saturated heterocycles. The molecule has 28 heavy (non-hydrogen) atoms. The minimum absolute atomic E-state index is 0.183. The summed E-state index contributed by atoms with van der Waals surface area (Å²) in [4.78, 5) is 14.3. The molecule has 0 spiro atoms. The van der Waals surface area contributed by atoms with Crippen LogP contribution < -0.4 is 20.3 Å². The van der Waals surface area contributed by atoms with Crippen molar-refractivity contribution in [3.63, 3.8) is 0 Å². The Morgan fingerprint density at radius 1 is 1.21 bits per heavy atom. The van der Waals surface area contributed by atoms with Crippen molar-refractivity contribution in [1.29, 1.82) is 0 Å². The molecule has 1 amide bonds. The van der Waals surface area contributed by atoms with Crippen LogP contribution >= 0.6 is 0 Å². The summed E-state index contributed by atoms with van der Waals surface area (Å²) in [6.07, 6.45) is 2.07. The van der Waals surface area contributed by atoms with Gasteiger partial charge in [-0.2, -0.15) is 0 Å². The Morgan fingerprint density at radius 3 is 2.82 bits per heavy atom. The maximum Gasteiger partial charge on any atom is 0.230 e. The summed E-state index contributed by atoms with van der Waals surface area (Å²) in [6.45, 7) is 1.74. The second kappa shape index (κ2) is 6.90. The molecule has 0 radical (unpaired) electrons. The minimum atomic E-state index is 0.183. The van der Waals surface area contributed by atoms with Gasteiger partial charge in [-0.15, -0.1) is 0 Å². The van der Waals surface area contributed by atoms with Crippen molar-refractivity contribution in [2.75, 3.05) is 25.6 Å². The number of nitrogens with zero attached hydrogens (tertiary/aromatic N) is 1. The highest BCUT2D eigenvalue weighted by molar-refractivity contribution is 6.01. The van der Waals surface area contributed by atoms with E-state index < -0.39 is 0 Å². The van der Waals surface area contributed by atoms with Crippen molar-refractivity contribution in [3.8, 4) is 5.75 Å². The minimum Gasteiger partial charge on any atom is -0.496 e. The Hall–Kier alpha value is -2.37. The lowest BCUT2D eigenvalue weighted by Crippen LogP contribution is -2.34. The first kappa shape index (κ1) is 17.7. The van der Waals surface area contributed by atoms with Crippen LogP contribution in [0.1, 0.15) is 41.5 Å². The van der Waals surface area contributed by atoms with Gasteiger partial charge in [0.15, 0.2) is 0 Å². The molecular formula is C23H27N3O2. The van der Waals surface area contributed by atoms with Crippen LogP contribution in [0.3, 0.4) is 0 Å². The predicted octanol–water partition coefficient (Wildman–Crippen LogP) is 2.97. The molecule has 2 N–H and O–H groups in total. The summed E-state index contributed by atoms with van der Waals surface area (Å²) in [5.41, 5.74) is 4.74. The molecule has 1 aliphatic carbocycles. The van der Waals surface area contributed by atoms with Gasteiger partial charge < -0.3 is 20.3 Å². The van der Waals surface area contributed by atoms with Crippen LogP contribution in [0.25, 0.3) is 0 Å². The van der Waals surface area contributed by atoms with Gasteiger partial charge in [-0.25, -0.2) is 0 Å². The van der Waals surface area contributed by atoms with Gasteiger partial charge in [0.1, 0.15) is 5.75 Å². The lowest BCUT2D eigenvalue weighted by Gasteiger charge is -2.27. The topological polar surface area (TPSA) is 53.6 Å². The molecule has 0 unspecified atom stereocenters. The van der Waals surface area contributed by atoms with E-state index in [2.05, 4.69) is 53.1 Å². The van der Waals surface area contributed by atoms with Crippen molar-refractivity contribution < 1.29 is 9.53 Å². The SMILES string of the molecule is COc1cc2c(cc1CN[C@H]1CCN[C@H]1c1ccccc1)N(C)C(=O)[C@@H]1C[C@H]21. The summed E-state index contributed by atoms with van der Waals surface area (Å²) >= 11 is 0. The highest BCUT2D eigenvalue weighted by Gasteiger charge is 2.50. The van der Waals surface area contributed by atoms with Crippen LogP contribution in [-0.2, 0) is 11.3 Å². The lowest BCUT2D eigenvalue weighted by atomic mass is 9.97. The molecular weight excluding hydrogens is 350 g/mol. The second-order valence-corrected chi connectivity index (χ2v) is 8.19. The van der Waals surface area contributed by atoms with Crippen molar-refractivity contribution in [1.82, 2.24) is 10.6 Å². The van der Waals surface area contributed by atoms with Crippen molar-refractivity contribution in [2.24, 2.45) is 5.92 Å². The Morgan fingerprint density at radius 2 is 2.04 bits per heavy atom. The molecule has 0 bridgehead atoms. The monoisotopic (exact) mass is 377 g/mol. The summed E-state index contributed by atoms with van der Waals surface area (Å²) in [5.74, 6) is 1.74. The quantitative estimate of drug-likeness (QED) is 0.841. The Bertz CT molecular complexity index is 898. The molecule has 3 aliphatic rings. The van der Waals surface area contributed by atoms with E-state index in [1.807, 2.05) is 11.9 Å². The van der Waals surface area contributed by atoms with Crippen LogP contribution in [0.5, 0.6) is 5.75 Å². The molecule has 146 valence electrons. The fraction of sp³-hybridized carbons (Fsp3) is 0.435. The average Bonchev–Trinajstić information content (AvgIpc) is 3.40. The Balaban J connectivity index is 1.37. The smallest absolute Gasteiger partial charge is 0.230 e. The van der Waals surface area contributed by atoms with E-state index in [4.69, 9.17) is 4.74 Å². The number of carbonyl (C=O) groups excluding carboxylic acids is 1. The Kier molecular flexibility index (Phi) is 4.37. The summed E-state index contributed by atoms with van der Waals surface area (Å²) < 4.78 is 5.71. The zero-order valence-corrected chi connectivity index (χ0v) is 16.4. The molecule has 2 heterocycles. The van der Waals surface area contributed by atoms with Gasteiger partial charge in [-0.3, -0.25) is 4.79 Å². The van der Waals surface area contributed by atoms with Crippen molar-refractivity contribution in [2.45, 2.75) is 37.4 Å². The number of amides is 1. The van der Waals surface area contributed by atoms with Gasteiger partial charge in [0, 0.05) is 42.8 Å². The van der Waals surface area contributed by atoms with Crippen LogP contribution in [-0.4, -0.2) is 32.7 Å². The van der Waals surface area contributed by atoms with E-state index in [1.54, 1.807) is 7.11 Å². The van der Waals surface area contributed by atoms with Crippen LogP contribution in [0.4, 0.5) is 5.69 Å². The largest absolute Gasteiger partial charge is 0.496 e. The fourth-order valence-corrected chi connectivity index (χ4v) is 4.90. The number of anilines is 1. The zero-order valence-electron chi connectivity index (χ0n) is 16.4. The maximum atomic E-state index is 12.4. The fourth-order valence-electron chi connectivity index (χ4n) is 4.90. The summed E-state index contributed by atoms with van der Waals surface area (Å²) in [6, 6.07) is 15.6. The third-order valence-corrected chi connectivity index (χ3v) is 6.56. The normalized spacial score (nSPS) is 28.1. The molecule has 0 aromatic heterocycles. The third kappa shape index (κ3) is 2.90. The van der Waals surface area contributed by atoms with Gasteiger partial charge in [-0.05, 0) is 48.6 Å². The summed E-state index contributed by atoms with van der Waals surface area (Å²) in [7, 11) is 3.63.